The van der Waals surface area contributed by atoms with Gasteiger partial charge in [0.2, 0.25) is 0 Å². The van der Waals surface area contributed by atoms with Crippen molar-refractivity contribution in [1.82, 2.24) is 59.0 Å². The average Bonchev–Trinajstić information content (AvgIpc) is 4.32. The molecule has 0 atom stereocenters. The molecule has 0 N–H and O–H groups in total. The molecule has 0 unspecified atom stereocenters. The number of aromatic nitrogens is 12. The van der Waals surface area contributed by atoms with E-state index >= 15 is 0 Å². The van der Waals surface area contributed by atoms with Crippen molar-refractivity contribution in [3.05, 3.63) is 210 Å². The number of imidazole rings is 2. The summed E-state index contributed by atoms with van der Waals surface area (Å²) < 4.78 is 4.18. The number of aryl methyl sites for hydroxylation is 4. The Morgan fingerprint density at radius 2 is 0.816 bits per heavy atom. The molecule has 0 aliphatic carbocycles. The molecule has 11 aromatic rings. The van der Waals surface area contributed by atoms with Crippen LogP contribution in [0.1, 0.15) is 46.7 Å². The average molecular weight is 1080 g/mol. The summed E-state index contributed by atoms with van der Waals surface area (Å²) in [7, 11) is 0. The van der Waals surface area contributed by atoms with E-state index in [0.717, 1.165) is 150 Å². The topological polar surface area (TPSA) is 141 Å². The van der Waals surface area contributed by atoms with Crippen molar-refractivity contribution in [3.8, 4) is 44.5 Å². The maximum atomic E-state index is 6.55. The summed E-state index contributed by atoms with van der Waals surface area (Å²) in [6, 6.07) is 41.3. The molecule has 7 aromatic heterocycles. The fraction of sp³-hybridized carbons (Fsp3) is 0.0984. The zero-order valence-electron chi connectivity index (χ0n) is 41.0. The third kappa shape index (κ3) is 9.54. The molecule has 0 fully saturated rings. The SMILES string of the molecule is Clc1ccc(-c2c3nc(c(-c4ccccc4CCCn4cnc5cncnc54)c4ccc([n-]4)c(-c4ccc(Cl)cc4)c4nc(c(-c5ccccc5CCCn5cnc6cncnc65)c5ccc2[n-]5)C=C4)C=C3)cc1.[CH3-].[Co+3]. The van der Waals surface area contributed by atoms with Gasteiger partial charge in [-0.25, -0.2) is 39.9 Å². The molecule has 0 radical (unpaired) electrons. The molecule has 372 valence electrons. The van der Waals surface area contributed by atoms with Crippen molar-refractivity contribution >= 4 is 91.9 Å². The Kier molecular flexibility index (Phi) is 14.1. The summed E-state index contributed by atoms with van der Waals surface area (Å²) in [5, 5.41) is 1.29. The minimum atomic E-state index is 0. The zero-order valence-corrected chi connectivity index (χ0v) is 43.6. The molecule has 76 heavy (non-hydrogen) atoms. The van der Waals surface area contributed by atoms with Gasteiger partial charge < -0.3 is 26.5 Å². The van der Waals surface area contributed by atoms with Gasteiger partial charge in [0.15, 0.2) is 11.3 Å². The van der Waals surface area contributed by atoms with Crippen molar-refractivity contribution in [2.75, 3.05) is 0 Å². The van der Waals surface area contributed by atoms with Crippen LogP contribution in [-0.2, 0) is 42.7 Å². The molecule has 12 nitrogen and oxygen atoms in total. The third-order valence-electron chi connectivity index (χ3n) is 13.7. The van der Waals surface area contributed by atoms with Crippen LogP contribution < -0.4 is 9.97 Å². The Balaban J connectivity index is 0.00000308. The number of hydrogen-bond donors (Lipinski definition) is 0. The number of nitrogens with zero attached hydrogens (tertiary/aromatic N) is 12. The first kappa shape index (κ1) is 49.9. The van der Waals surface area contributed by atoms with Crippen LogP contribution >= 0.6 is 23.2 Å². The van der Waals surface area contributed by atoms with Crippen LogP contribution in [0.5, 0.6) is 0 Å². The van der Waals surface area contributed by atoms with Crippen LogP contribution in [0.3, 0.4) is 0 Å². The molecular weight excluding hydrogens is 1030 g/mol. The molecule has 8 bridgehead atoms. The Morgan fingerprint density at radius 3 is 1.24 bits per heavy atom. The second-order valence-corrected chi connectivity index (χ2v) is 19.1. The fourth-order valence-corrected chi connectivity index (χ4v) is 10.5. The maximum Gasteiger partial charge on any atom is 3.00 e. The standard InChI is InChI=1S/C60H42Cl2N12.CH3.Co/c61-41-17-13-39(14-18-41)55-45-21-25-49(69-45)57(43-11-3-1-7-37(43)9-5-29-73-35-67-53-31-63-33-65-59(53)73)50-26-22-46(70-50)56(40-15-19-42(62)20-16-40)48-24-28-52(72-48)58(51-27-23-47(55)71-51)44-12-4-2-8-38(44)10-6-30-74-36-68-54-32-64-34-66-60(54)74;;/h1-4,7-8,11-28,31-36H,5-6,9-10,29-30H2;1H3;/q-2;-1;+3. The Bertz CT molecular complexity index is 3920. The minimum Gasteiger partial charge on any atom is -0.657 e. The van der Waals surface area contributed by atoms with Gasteiger partial charge in [-0.15, -0.1) is 22.1 Å². The van der Waals surface area contributed by atoms with Crippen LogP contribution in [-0.4, -0.2) is 49.0 Å². The fourth-order valence-electron chi connectivity index (χ4n) is 10.3. The smallest absolute Gasteiger partial charge is 0.657 e. The van der Waals surface area contributed by atoms with E-state index in [1.165, 1.54) is 11.1 Å². The van der Waals surface area contributed by atoms with Crippen molar-refractivity contribution in [2.24, 2.45) is 0 Å². The molecule has 4 aromatic carbocycles. The summed E-state index contributed by atoms with van der Waals surface area (Å²) in [4.78, 5) is 48.5. The van der Waals surface area contributed by atoms with E-state index in [2.05, 4.69) is 136 Å². The van der Waals surface area contributed by atoms with Crippen molar-refractivity contribution in [1.29, 1.82) is 0 Å². The normalized spacial score (nSPS) is 11.8. The van der Waals surface area contributed by atoms with Crippen molar-refractivity contribution in [2.45, 2.75) is 38.8 Å². The van der Waals surface area contributed by atoms with Gasteiger partial charge in [0.25, 0.3) is 0 Å². The van der Waals surface area contributed by atoms with E-state index in [0.29, 0.717) is 10.0 Å². The summed E-state index contributed by atoms with van der Waals surface area (Å²) in [6.07, 6.45) is 22.0. The van der Waals surface area contributed by atoms with E-state index in [1.54, 1.807) is 25.0 Å². The van der Waals surface area contributed by atoms with Crippen molar-refractivity contribution in [3.63, 3.8) is 0 Å². The Labute approximate surface area is 458 Å². The summed E-state index contributed by atoms with van der Waals surface area (Å²) in [5.74, 6) is 0. The molecular formula is C61H45Cl2CoN12. The van der Waals surface area contributed by atoms with E-state index < -0.39 is 0 Å². The number of halogens is 2. The first-order valence-corrected chi connectivity index (χ1v) is 25.2. The Morgan fingerprint density at radius 1 is 0.434 bits per heavy atom. The molecule has 0 spiro atoms. The number of benzene rings is 4. The van der Waals surface area contributed by atoms with Gasteiger partial charge in [-0.2, -0.15) is 0 Å². The molecule has 0 amide bonds. The van der Waals surface area contributed by atoms with Gasteiger partial charge in [0.05, 0.1) is 47.8 Å². The van der Waals surface area contributed by atoms with E-state index in [4.69, 9.17) is 43.1 Å². The second kappa shape index (κ2) is 21.5. The van der Waals surface area contributed by atoms with E-state index in [-0.39, 0.29) is 24.2 Å². The number of hydrogen-bond acceptors (Lipinski definition) is 8. The number of rotatable bonds is 12. The van der Waals surface area contributed by atoms with Gasteiger partial charge in [0.1, 0.15) is 23.7 Å². The molecule has 0 saturated carbocycles. The molecule has 15 heteroatoms. The van der Waals surface area contributed by atoms with E-state index in [1.807, 2.05) is 61.2 Å². The molecule has 2 aliphatic rings. The molecule has 13 rings (SSSR count). The van der Waals surface area contributed by atoms with Gasteiger partial charge in [-0.05, 0) is 130 Å². The first-order chi connectivity index (χ1) is 36.5. The first-order valence-electron chi connectivity index (χ1n) is 24.4. The van der Waals surface area contributed by atoms with E-state index in [9.17, 15) is 0 Å². The third-order valence-corrected chi connectivity index (χ3v) is 14.2. The van der Waals surface area contributed by atoms with Gasteiger partial charge in [-0.3, -0.25) is 0 Å². The second-order valence-electron chi connectivity index (χ2n) is 18.2. The molecule has 9 heterocycles. The van der Waals surface area contributed by atoms with Crippen LogP contribution in [0.4, 0.5) is 0 Å². The number of fused-ring (bicyclic) bond motifs is 10. The van der Waals surface area contributed by atoms with Gasteiger partial charge >= 0.3 is 16.8 Å². The molecule has 0 saturated heterocycles. The zero-order chi connectivity index (χ0) is 49.5. The molecule has 2 aliphatic heterocycles. The van der Waals surface area contributed by atoms with Crippen molar-refractivity contribution < 1.29 is 16.8 Å². The minimum absolute atomic E-state index is 0. The Hall–Kier alpha value is -8.33. The monoisotopic (exact) mass is 1070 g/mol. The predicted octanol–water partition coefficient (Wildman–Crippen LogP) is 13.9. The van der Waals surface area contributed by atoms with Crippen LogP contribution in [0, 0.1) is 7.43 Å². The van der Waals surface area contributed by atoms with Gasteiger partial charge in [0, 0.05) is 23.1 Å². The maximum absolute atomic E-state index is 6.55. The summed E-state index contributed by atoms with van der Waals surface area (Å²) >= 11 is 13.1. The predicted molar refractivity (Wildman–Crippen MR) is 302 cm³/mol. The van der Waals surface area contributed by atoms with Crippen LogP contribution in [0.25, 0.3) is 113 Å². The van der Waals surface area contributed by atoms with Gasteiger partial charge in [-0.1, -0.05) is 120 Å². The quantitative estimate of drug-likeness (QED) is 0.109. The summed E-state index contributed by atoms with van der Waals surface area (Å²) in [5.41, 5.74) is 19.4. The van der Waals surface area contributed by atoms with Crippen LogP contribution in [0.15, 0.2) is 159 Å². The van der Waals surface area contributed by atoms with Crippen LogP contribution in [0.2, 0.25) is 10.0 Å². The largest absolute Gasteiger partial charge is 3.00 e. The summed E-state index contributed by atoms with van der Waals surface area (Å²) in [6.45, 7) is 1.48.